The van der Waals surface area contributed by atoms with E-state index in [9.17, 15) is 4.79 Å². The van der Waals surface area contributed by atoms with Crippen LogP contribution in [0, 0.1) is 11.3 Å². The molecule has 2 rings (SSSR count). The molecule has 1 saturated heterocycles. The van der Waals surface area contributed by atoms with Gasteiger partial charge in [-0.05, 0) is 32.7 Å². The van der Waals surface area contributed by atoms with Gasteiger partial charge in [0.15, 0.2) is 0 Å². The maximum Gasteiger partial charge on any atom is 0.241 e. The molecule has 0 aromatic rings. The lowest BCUT2D eigenvalue weighted by molar-refractivity contribution is -0.136. The second-order valence-corrected chi connectivity index (χ2v) is 5.19. The van der Waals surface area contributed by atoms with Gasteiger partial charge < -0.3 is 10.2 Å². The van der Waals surface area contributed by atoms with Crippen molar-refractivity contribution in [2.24, 2.45) is 0 Å². The number of hydrogen-bond acceptors (Lipinski definition) is 3. The highest BCUT2D eigenvalue weighted by Crippen LogP contribution is 2.27. The highest BCUT2D eigenvalue weighted by molar-refractivity contribution is 5.83. The lowest BCUT2D eigenvalue weighted by Gasteiger charge is -2.34. The molecule has 0 aromatic carbocycles. The summed E-state index contributed by atoms with van der Waals surface area (Å²) in [6.45, 7) is 2.97. The van der Waals surface area contributed by atoms with Crippen molar-refractivity contribution < 1.29 is 4.79 Å². The fourth-order valence-electron chi connectivity index (χ4n) is 3.06. The molecule has 1 saturated carbocycles. The number of amides is 1. The Hall–Kier alpha value is -1.08. The Balaban J connectivity index is 2.13. The van der Waals surface area contributed by atoms with Crippen LogP contribution in [0.5, 0.6) is 0 Å². The van der Waals surface area contributed by atoms with Gasteiger partial charge in [-0.1, -0.05) is 12.8 Å². The molecule has 1 aliphatic heterocycles. The van der Waals surface area contributed by atoms with E-state index in [4.69, 9.17) is 5.26 Å². The molecule has 2 unspecified atom stereocenters. The maximum atomic E-state index is 12.4. The monoisotopic (exact) mass is 235 g/mol. The first-order valence-corrected chi connectivity index (χ1v) is 6.66. The van der Waals surface area contributed by atoms with Crippen LogP contribution in [0.4, 0.5) is 0 Å². The van der Waals surface area contributed by atoms with Crippen molar-refractivity contribution in [1.82, 2.24) is 10.2 Å². The van der Waals surface area contributed by atoms with E-state index in [2.05, 4.69) is 23.2 Å². The van der Waals surface area contributed by atoms with Crippen molar-refractivity contribution in [1.29, 1.82) is 5.26 Å². The smallest absolute Gasteiger partial charge is 0.241 e. The van der Waals surface area contributed by atoms with Crippen LogP contribution in [0.15, 0.2) is 0 Å². The average molecular weight is 235 g/mol. The molecule has 0 spiro atoms. The van der Waals surface area contributed by atoms with Gasteiger partial charge in [0.1, 0.15) is 0 Å². The summed E-state index contributed by atoms with van der Waals surface area (Å²) < 4.78 is 0. The summed E-state index contributed by atoms with van der Waals surface area (Å²) in [5.41, 5.74) is 0. The quantitative estimate of drug-likeness (QED) is 0.787. The summed E-state index contributed by atoms with van der Waals surface area (Å²) in [5, 5.41) is 12.0. The number of hydrogen-bond donors (Lipinski definition) is 1. The second-order valence-electron chi connectivity index (χ2n) is 5.19. The molecule has 1 aliphatic carbocycles. The predicted octanol–water partition coefficient (Wildman–Crippen LogP) is 1.42. The predicted molar refractivity (Wildman–Crippen MR) is 65.2 cm³/mol. The van der Waals surface area contributed by atoms with E-state index < -0.39 is 0 Å². The summed E-state index contributed by atoms with van der Waals surface area (Å²) in [7, 11) is 0. The van der Waals surface area contributed by atoms with Crippen LogP contribution in [-0.4, -0.2) is 35.5 Å². The van der Waals surface area contributed by atoms with Gasteiger partial charge in [-0.3, -0.25) is 4.79 Å². The Kier molecular flexibility index (Phi) is 4.01. The Morgan fingerprint density at radius 3 is 2.76 bits per heavy atom. The topological polar surface area (TPSA) is 56.1 Å². The van der Waals surface area contributed by atoms with Crippen LogP contribution in [0.2, 0.25) is 0 Å². The van der Waals surface area contributed by atoms with E-state index in [1.165, 1.54) is 12.8 Å². The molecule has 0 bridgehead atoms. The van der Waals surface area contributed by atoms with Gasteiger partial charge in [-0.2, -0.15) is 5.26 Å². The maximum absolute atomic E-state index is 12.4. The van der Waals surface area contributed by atoms with Gasteiger partial charge in [0, 0.05) is 12.1 Å². The van der Waals surface area contributed by atoms with Crippen LogP contribution in [0.1, 0.15) is 45.4 Å². The molecule has 4 heteroatoms. The van der Waals surface area contributed by atoms with Crippen LogP contribution in [0.25, 0.3) is 0 Å². The van der Waals surface area contributed by atoms with Gasteiger partial charge in [0.2, 0.25) is 5.91 Å². The lowest BCUT2D eigenvalue weighted by atomic mass is 10.1. The van der Waals surface area contributed by atoms with Crippen molar-refractivity contribution in [3.63, 3.8) is 0 Å². The fraction of sp³-hybridized carbons (Fsp3) is 0.846. The van der Waals surface area contributed by atoms with Gasteiger partial charge in [0.25, 0.3) is 0 Å². The number of rotatable bonds is 2. The summed E-state index contributed by atoms with van der Waals surface area (Å²) in [6.07, 6.45) is 6.01. The molecule has 17 heavy (non-hydrogen) atoms. The molecular weight excluding hydrogens is 214 g/mol. The summed E-state index contributed by atoms with van der Waals surface area (Å²) in [6, 6.07) is 2.55. The van der Waals surface area contributed by atoms with E-state index in [1.54, 1.807) is 0 Å². The van der Waals surface area contributed by atoms with Crippen LogP contribution >= 0.6 is 0 Å². The minimum absolute atomic E-state index is 0.142. The SMILES string of the molecule is CC1CCNC(CC#N)C(=O)N1C1CCCC1. The zero-order valence-electron chi connectivity index (χ0n) is 10.5. The molecule has 1 heterocycles. The van der Waals surface area contributed by atoms with E-state index >= 15 is 0 Å². The molecule has 2 fully saturated rings. The molecule has 0 radical (unpaired) electrons. The third kappa shape index (κ3) is 2.61. The first kappa shape index (κ1) is 12.4. The first-order chi connectivity index (χ1) is 8.24. The Labute approximate surface area is 103 Å². The summed E-state index contributed by atoms with van der Waals surface area (Å²) in [4.78, 5) is 14.5. The Bertz CT molecular complexity index is 317. The molecule has 0 aromatic heterocycles. The van der Waals surface area contributed by atoms with Gasteiger partial charge in [0.05, 0.1) is 18.5 Å². The standard InChI is InChI=1S/C13H21N3O/c1-10-7-9-15-12(6-8-14)13(17)16(10)11-4-2-3-5-11/h10-12,15H,2-7,9H2,1H3. The van der Waals surface area contributed by atoms with Crippen molar-refractivity contribution in [2.75, 3.05) is 6.54 Å². The van der Waals surface area contributed by atoms with E-state index in [0.717, 1.165) is 25.8 Å². The van der Waals surface area contributed by atoms with Crippen LogP contribution in [0.3, 0.4) is 0 Å². The fourth-order valence-corrected chi connectivity index (χ4v) is 3.06. The zero-order chi connectivity index (χ0) is 12.3. The Morgan fingerprint density at radius 2 is 2.12 bits per heavy atom. The molecule has 1 amide bonds. The highest BCUT2D eigenvalue weighted by Gasteiger charge is 2.35. The summed E-state index contributed by atoms with van der Waals surface area (Å²) >= 11 is 0. The van der Waals surface area contributed by atoms with Gasteiger partial charge >= 0.3 is 0 Å². The number of nitrogens with one attached hydrogen (secondary N) is 1. The molecule has 2 atom stereocenters. The van der Waals surface area contributed by atoms with Crippen molar-refractivity contribution in [3.8, 4) is 6.07 Å². The Morgan fingerprint density at radius 1 is 1.41 bits per heavy atom. The van der Waals surface area contributed by atoms with Crippen molar-refractivity contribution in [3.05, 3.63) is 0 Å². The number of nitrogens with zero attached hydrogens (tertiary/aromatic N) is 2. The third-order valence-corrected chi connectivity index (χ3v) is 3.99. The van der Waals surface area contributed by atoms with Crippen LogP contribution < -0.4 is 5.32 Å². The number of nitriles is 1. The highest BCUT2D eigenvalue weighted by atomic mass is 16.2. The molecule has 4 nitrogen and oxygen atoms in total. The third-order valence-electron chi connectivity index (χ3n) is 3.99. The van der Waals surface area contributed by atoms with E-state index in [0.29, 0.717) is 12.1 Å². The van der Waals surface area contributed by atoms with E-state index in [-0.39, 0.29) is 18.4 Å². The summed E-state index contributed by atoms with van der Waals surface area (Å²) in [5.74, 6) is 0.142. The number of carbonyl (C=O) groups excluding carboxylic acids is 1. The lowest BCUT2D eigenvalue weighted by Crippen LogP contribution is -2.49. The van der Waals surface area contributed by atoms with Gasteiger partial charge in [-0.15, -0.1) is 0 Å². The van der Waals surface area contributed by atoms with Crippen molar-refractivity contribution >= 4 is 5.91 Å². The second kappa shape index (κ2) is 5.50. The van der Waals surface area contributed by atoms with E-state index in [1.807, 2.05) is 0 Å². The first-order valence-electron chi connectivity index (χ1n) is 6.66. The van der Waals surface area contributed by atoms with Crippen LogP contribution in [-0.2, 0) is 4.79 Å². The molecular formula is C13H21N3O. The minimum Gasteiger partial charge on any atom is -0.336 e. The van der Waals surface area contributed by atoms with Gasteiger partial charge in [-0.25, -0.2) is 0 Å². The zero-order valence-corrected chi connectivity index (χ0v) is 10.5. The minimum atomic E-state index is -0.287. The molecule has 2 aliphatic rings. The normalized spacial score (nSPS) is 31.3. The van der Waals surface area contributed by atoms with Crippen molar-refractivity contribution in [2.45, 2.75) is 63.6 Å². The number of carbonyl (C=O) groups is 1. The average Bonchev–Trinajstić information content (AvgIpc) is 2.77. The molecule has 1 N–H and O–H groups in total. The molecule has 94 valence electrons. The largest absolute Gasteiger partial charge is 0.336 e.